The largest absolute Gasteiger partial charge is 0.307 e. The highest BCUT2D eigenvalue weighted by atomic mass is 16.1. The lowest BCUT2D eigenvalue weighted by molar-refractivity contribution is 0.0927. The van der Waals surface area contributed by atoms with E-state index in [9.17, 15) is 4.79 Å². The van der Waals surface area contributed by atoms with E-state index in [1.165, 1.54) is 17.4 Å². The SMILES string of the molecule is Cc1ccc2cc(C(=O)C3CCCCN3)ccc2c1. The quantitative estimate of drug-likeness (QED) is 0.830. The summed E-state index contributed by atoms with van der Waals surface area (Å²) in [5, 5.41) is 5.67. The molecule has 0 aliphatic carbocycles. The maximum Gasteiger partial charge on any atom is 0.179 e. The lowest BCUT2D eigenvalue weighted by Gasteiger charge is -2.22. The average Bonchev–Trinajstić information content (AvgIpc) is 2.47. The molecule has 0 amide bonds. The third-order valence-corrected chi connectivity index (χ3v) is 3.91. The van der Waals surface area contributed by atoms with Gasteiger partial charge in [-0.2, -0.15) is 0 Å². The van der Waals surface area contributed by atoms with Crippen LogP contribution in [0.5, 0.6) is 0 Å². The number of hydrogen-bond acceptors (Lipinski definition) is 2. The normalized spacial score (nSPS) is 19.5. The van der Waals surface area contributed by atoms with E-state index >= 15 is 0 Å². The third kappa shape index (κ3) is 2.54. The molecule has 1 heterocycles. The number of Topliss-reactive ketones (excluding diaryl/α,β-unsaturated/α-hetero) is 1. The molecule has 1 saturated heterocycles. The molecule has 98 valence electrons. The second-order valence-corrected chi connectivity index (χ2v) is 5.43. The first-order valence-corrected chi connectivity index (χ1v) is 7.02. The number of piperidine rings is 1. The molecule has 0 saturated carbocycles. The van der Waals surface area contributed by atoms with Crippen molar-refractivity contribution in [2.45, 2.75) is 32.2 Å². The Kier molecular flexibility index (Phi) is 3.34. The van der Waals surface area contributed by atoms with Crippen molar-refractivity contribution in [2.24, 2.45) is 0 Å². The van der Waals surface area contributed by atoms with Gasteiger partial charge in [0.2, 0.25) is 0 Å². The van der Waals surface area contributed by atoms with E-state index in [0.29, 0.717) is 0 Å². The summed E-state index contributed by atoms with van der Waals surface area (Å²) >= 11 is 0. The molecule has 19 heavy (non-hydrogen) atoms. The molecule has 3 rings (SSSR count). The highest BCUT2D eigenvalue weighted by molar-refractivity contribution is 6.03. The van der Waals surface area contributed by atoms with Crippen LogP contribution in [0, 0.1) is 6.92 Å². The zero-order chi connectivity index (χ0) is 13.2. The summed E-state index contributed by atoms with van der Waals surface area (Å²) in [7, 11) is 0. The Balaban J connectivity index is 1.92. The van der Waals surface area contributed by atoms with Gasteiger partial charge in [-0.15, -0.1) is 0 Å². The Hall–Kier alpha value is -1.67. The van der Waals surface area contributed by atoms with Crippen LogP contribution in [0.4, 0.5) is 0 Å². The molecule has 1 atom stereocenters. The molecule has 0 bridgehead atoms. The number of carbonyl (C=O) groups excluding carboxylic acids is 1. The van der Waals surface area contributed by atoms with E-state index in [1.54, 1.807) is 0 Å². The number of carbonyl (C=O) groups is 1. The van der Waals surface area contributed by atoms with Gasteiger partial charge < -0.3 is 5.32 Å². The molecule has 0 spiro atoms. The van der Waals surface area contributed by atoms with Crippen LogP contribution in [0.1, 0.15) is 35.2 Å². The summed E-state index contributed by atoms with van der Waals surface area (Å²) < 4.78 is 0. The summed E-state index contributed by atoms with van der Waals surface area (Å²) in [6.07, 6.45) is 3.29. The fourth-order valence-corrected chi connectivity index (χ4v) is 2.80. The second kappa shape index (κ2) is 5.14. The van der Waals surface area contributed by atoms with E-state index in [-0.39, 0.29) is 11.8 Å². The number of hydrogen-bond donors (Lipinski definition) is 1. The average molecular weight is 253 g/mol. The van der Waals surface area contributed by atoms with Gasteiger partial charge in [0.05, 0.1) is 6.04 Å². The van der Waals surface area contributed by atoms with E-state index in [4.69, 9.17) is 0 Å². The first-order valence-electron chi connectivity index (χ1n) is 7.02. The Morgan fingerprint density at radius 1 is 1.11 bits per heavy atom. The van der Waals surface area contributed by atoms with Crippen molar-refractivity contribution in [2.75, 3.05) is 6.54 Å². The number of aryl methyl sites for hydroxylation is 1. The maximum absolute atomic E-state index is 12.4. The summed E-state index contributed by atoms with van der Waals surface area (Å²) in [5.41, 5.74) is 2.08. The summed E-state index contributed by atoms with van der Waals surface area (Å²) in [5.74, 6) is 0.238. The summed E-state index contributed by atoms with van der Waals surface area (Å²) in [4.78, 5) is 12.4. The van der Waals surface area contributed by atoms with Crippen LogP contribution in [0.15, 0.2) is 36.4 Å². The molecule has 2 aromatic rings. The lowest BCUT2D eigenvalue weighted by atomic mass is 9.95. The monoisotopic (exact) mass is 253 g/mol. The molecular weight excluding hydrogens is 234 g/mol. The van der Waals surface area contributed by atoms with E-state index in [0.717, 1.165) is 30.3 Å². The number of rotatable bonds is 2. The minimum atomic E-state index is 0.0108. The summed E-state index contributed by atoms with van der Waals surface area (Å²) in [6.45, 7) is 3.05. The van der Waals surface area contributed by atoms with Crippen molar-refractivity contribution in [3.05, 3.63) is 47.5 Å². The number of benzene rings is 2. The molecular formula is C17H19NO. The minimum absolute atomic E-state index is 0.0108. The smallest absolute Gasteiger partial charge is 0.179 e. The fourth-order valence-electron chi connectivity index (χ4n) is 2.80. The van der Waals surface area contributed by atoms with Crippen molar-refractivity contribution >= 4 is 16.6 Å². The van der Waals surface area contributed by atoms with Crippen molar-refractivity contribution in [1.82, 2.24) is 5.32 Å². The van der Waals surface area contributed by atoms with Crippen LogP contribution < -0.4 is 5.32 Å². The zero-order valence-electron chi connectivity index (χ0n) is 11.3. The van der Waals surface area contributed by atoms with Gasteiger partial charge >= 0.3 is 0 Å². The van der Waals surface area contributed by atoms with E-state index in [2.05, 4.69) is 36.5 Å². The number of fused-ring (bicyclic) bond motifs is 1. The Morgan fingerprint density at radius 3 is 2.68 bits per heavy atom. The molecule has 2 nitrogen and oxygen atoms in total. The highest BCUT2D eigenvalue weighted by Crippen LogP contribution is 2.20. The Morgan fingerprint density at radius 2 is 1.89 bits per heavy atom. The van der Waals surface area contributed by atoms with Crippen LogP contribution in [0.2, 0.25) is 0 Å². The van der Waals surface area contributed by atoms with Crippen LogP contribution in [-0.2, 0) is 0 Å². The van der Waals surface area contributed by atoms with Crippen molar-refractivity contribution < 1.29 is 4.79 Å². The first-order chi connectivity index (χ1) is 9.24. The Bertz CT molecular complexity index is 612. The topological polar surface area (TPSA) is 29.1 Å². The predicted octanol–water partition coefficient (Wildman–Crippen LogP) is 3.47. The predicted molar refractivity (Wildman–Crippen MR) is 78.7 cm³/mol. The van der Waals surface area contributed by atoms with Crippen LogP contribution in [0.25, 0.3) is 10.8 Å². The van der Waals surface area contributed by atoms with Gasteiger partial charge in [-0.1, -0.05) is 42.3 Å². The zero-order valence-corrected chi connectivity index (χ0v) is 11.3. The molecule has 0 radical (unpaired) electrons. The van der Waals surface area contributed by atoms with E-state index < -0.39 is 0 Å². The van der Waals surface area contributed by atoms with Gasteiger partial charge in [0.25, 0.3) is 0 Å². The summed E-state index contributed by atoms with van der Waals surface area (Å²) in [6, 6.07) is 12.4. The second-order valence-electron chi connectivity index (χ2n) is 5.43. The van der Waals surface area contributed by atoms with Gasteiger partial charge in [-0.25, -0.2) is 0 Å². The standard InChI is InChI=1S/C17H19NO/c1-12-5-6-14-11-15(8-7-13(14)10-12)17(19)16-4-2-3-9-18-16/h5-8,10-11,16,18H,2-4,9H2,1H3. The van der Waals surface area contributed by atoms with Gasteiger partial charge in [0.1, 0.15) is 0 Å². The molecule has 0 aromatic heterocycles. The van der Waals surface area contributed by atoms with Gasteiger partial charge in [-0.05, 0) is 43.1 Å². The molecule has 1 N–H and O–H groups in total. The number of nitrogens with one attached hydrogen (secondary N) is 1. The number of ketones is 1. The van der Waals surface area contributed by atoms with Gasteiger partial charge in [-0.3, -0.25) is 4.79 Å². The minimum Gasteiger partial charge on any atom is -0.307 e. The Labute approximate surface area is 113 Å². The van der Waals surface area contributed by atoms with Crippen LogP contribution in [-0.4, -0.2) is 18.4 Å². The van der Waals surface area contributed by atoms with Crippen molar-refractivity contribution in [3.8, 4) is 0 Å². The van der Waals surface area contributed by atoms with Crippen molar-refractivity contribution in [3.63, 3.8) is 0 Å². The van der Waals surface area contributed by atoms with E-state index in [1.807, 2.05) is 12.1 Å². The fraction of sp³-hybridized carbons (Fsp3) is 0.353. The molecule has 1 aliphatic rings. The molecule has 1 fully saturated rings. The van der Waals surface area contributed by atoms with Crippen molar-refractivity contribution in [1.29, 1.82) is 0 Å². The first kappa shape index (κ1) is 12.4. The maximum atomic E-state index is 12.4. The van der Waals surface area contributed by atoms with Crippen LogP contribution in [0.3, 0.4) is 0 Å². The molecule has 1 unspecified atom stereocenters. The highest BCUT2D eigenvalue weighted by Gasteiger charge is 2.21. The van der Waals surface area contributed by atoms with Gasteiger partial charge in [0.15, 0.2) is 5.78 Å². The molecule has 1 aliphatic heterocycles. The molecule has 2 aromatic carbocycles. The molecule has 2 heteroatoms. The lowest BCUT2D eigenvalue weighted by Crippen LogP contribution is -2.40. The third-order valence-electron chi connectivity index (χ3n) is 3.91. The van der Waals surface area contributed by atoms with Gasteiger partial charge in [0, 0.05) is 5.56 Å². The van der Waals surface area contributed by atoms with Crippen LogP contribution >= 0.6 is 0 Å².